The Labute approximate surface area is 107 Å². The van der Waals surface area contributed by atoms with Crippen LogP contribution >= 0.6 is 0 Å². The van der Waals surface area contributed by atoms with Crippen molar-refractivity contribution in [3.63, 3.8) is 0 Å². The minimum atomic E-state index is -0.690. The van der Waals surface area contributed by atoms with Crippen molar-refractivity contribution in [1.82, 2.24) is 0 Å². The molecule has 0 aliphatic heterocycles. The first kappa shape index (κ1) is 14.2. The van der Waals surface area contributed by atoms with Gasteiger partial charge < -0.3 is 4.74 Å². The van der Waals surface area contributed by atoms with Crippen molar-refractivity contribution < 1.29 is 14.3 Å². The normalized spacial score (nSPS) is 12.3. The standard InChI is InChI=1S/C15H18O3/c1-3-18-15(17)14(12(2)16)11-7-10-13-8-5-4-6-9-13/h4-10,14H,3,11H2,1-2H3. The molecular formula is C15H18O3. The summed E-state index contributed by atoms with van der Waals surface area (Å²) in [7, 11) is 0. The molecule has 0 heterocycles. The fourth-order valence-electron chi connectivity index (χ4n) is 1.58. The molecule has 0 aliphatic rings. The summed E-state index contributed by atoms with van der Waals surface area (Å²) in [5, 5.41) is 0. The third-order valence-corrected chi connectivity index (χ3v) is 2.54. The van der Waals surface area contributed by atoms with Crippen LogP contribution in [0.15, 0.2) is 36.4 Å². The summed E-state index contributed by atoms with van der Waals surface area (Å²) >= 11 is 0. The van der Waals surface area contributed by atoms with Gasteiger partial charge in [-0.2, -0.15) is 0 Å². The van der Waals surface area contributed by atoms with Crippen LogP contribution in [0.1, 0.15) is 25.8 Å². The highest BCUT2D eigenvalue weighted by molar-refractivity contribution is 5.97. The van der Waals surface area contributed by atoms with Gasteiger partial charge in [-0.3, -0.25) is 9.59 Å². The molecule has 96 valence electrons. The minimum absolute atomic E-state index is 0.161. The molecule has 0 aliphatic carbocycles. The van der Waals surface area contributed by atoms with Crippen molar-refractivity contribution in [2.24, 2.45) is 5.92 Å². The molecule has 1 atom stereocenters. The van der Waals surface area contributed by atoms with Crippen LogP contribution in [0.2, 0.25) is 0 Å². The molecule has 3 heteroatoms. The quantitative estimate of drug-likeness (QED) is 0.572. The minimum Gasteiger partial charge on any atom is -0.465 e. The van der Waals surface area contributed by atoms with Gasteiger partial charge in [0.1, 0.15) is 11.7 Å². The maximum absolute atomic E-state index is 11.6. The van der Waals surface area contributed by atoms with Gasteiger partial charge in [0.15, 0.2) is 0 Å². The van der Waals surface area contributed by atoms with Gasteiger partial charge in [-0.25, -0.2) is 0 Å². The summed E-state index contributed by atoms with van der Waals surface area (Å²) < 4.78 is 4.87. The summed E-state index contributed by atoms with van der Waals surface area (Å²) in [6, 6.07) is 9.74. The Kier molecular flexibility index (Phi) is 5.85. The van der Waals surface area contributed by atoms with Gasteiger partial charge in [-0.05, 0) is 25.8 Å². The average Bonchev–Trinajstić information content (AvgIpc) is 2.35. The molecule has 0 bridgehead atoms. The Bertz CT molecular complexity index is 421. The van der Waals surface area contributed by atoms with Crippen molar-refractivity contribution >= 4 is 17.8 Å². The van der Waals surface area contributed by atoms with Crippen LogP contribution in [-0.4, -0.2) is 18.4 Å². The molecule has 0 saturated heterocycles. The molecule has 3 nitrogen and oxygen atoms in total. The number of allylic oxidation sites excluding steroid dienone is 1. The zero-order valence-electron chi connectivity index (χ0n) is 10.8. The van der Waals surface area contributed by atoms with E-state index in [1.54, 1.807) is 6.92 Å². The molecule has 1 unspecified atom stereocenters. The highest BCUT2D eigenvalue weighted by Crippen LogP contribution is 2.10. The first-order chi connectivity index (χ1) is 8.65. The monoisotopic (exact) mass is 246 g/mol. The molecule has 0 fully saturated rings. The highest BCUT2D eigenvalue weighted by atomic mass is 16.5. The maximum Gasteiger partial charge on any atom is 0.316 e. The SMILES string of the molecule is CCOC(=O)C(CC=Cc1ccccc1)C(C)=O. The van der Waals surface area contributed by atoms with Gasteiger partial charge in [0.2, 0.25) is 0 Å². The van der Waals surface area contributed by atoms with E-state index in [1.165, 1.54) is 6.92 Å². The van der Waals surface area contributed by atoms with E-state index in [0.29, 0.717) is 13.0 Å². The van der Waals surface area contributed by atoms with Crippen LogP contribution in [0.3, 0.4) is 0 Å². The fourth-order valence-corrected chi connectivity index (χ4v) is 1.58. The van der Waals surface area contributed by atoms with E-state index in [0.717, 1.165) is 5.56 Å². The molecule has 1 aromatic carbocycles. The number of Topliss-reactive ketones (excluding diaryl/α,β-unsaturated/α-hetero) is 1. The lowest BCUT2D eigenvalue weighted by Crippen LogP contribution is -2.23. The third-order valence-electron chi connectivity index (χ3n) is 2.54. The third kappa shape index (κ3) is 4.53. The number of carbonyl (C=O) groups excluding carboxylic acids is 2. The Morgan fingerprint density at radius 3 is 2.50 bits per heavy atom. The summed E-state index contributed by atoms with van der Waals surface area (Å²) in [5.74, 6) is -1.29. The van der Waals surface area contributed by atoms with Crippen molar-refractivity contribution in [3.05, 3.63) is 42.0 Å². The number of ketones is 1. The lowest BCUT2D eigenvalue weighted by atomic mass is 10.0. The van der Waals surface area contributed by atoms with Crippen LogP contribution in [0.5, 0.6) is 0 Å². The smallest absolute Gasteiger partial charge is 0.316 e. The molecule has 1 rings (SSSR count). The first-order valence-electron chi connectivity index (χ1n) is 6.03. The lowest BCUT2D eigenvalue weighted by molar-refractivity contribution is -0.150. The van der Waals surface area contributed by atoms with E-state index in [-0.39, 0.29) is 5.78 Å². The molecule has 0 aromatic heterocycles. The number of hydrogen-bond acceptors (Lipinski definition) is 3. The second-order valence-electron chi connectivity index (χ2n) is 3.96. The van der Waals surface area contributed by atoms with Gasteiger partial charge in [-0.15, -0.1) is 0 Å². The second kappa shape index (κ2) is 7.43. The van der Waals surface area contributed by atoms with Crippen molar-refractivity contribution in [2.45, 2.75) is 20.3 Å². The zero-order chi connectivity index (χ0) is 13.4. The van der Waals surface area contributed by atoms with Gasteiger partial charge in [0.05, 0.1) is 6.61 Å². The van der Waals surface area contributed by atoms with E-state index in [1.807, 2.05) is 42.5 Å². The Morgan fingerprint density at radius 2 is 1.94 bits per heavy atom. The van der Waals surface area contributed by atoms with Crippen LogP contribution in [-0.2, 0) is 14.3 Å². The summed E-state index contributed by atoms with van der Waals surface area (Å²) in [6.45, 7) is 3.44. The second-order valence-corrected chi connectivity index (χ2v) is 3.96. The number of ether oxygens (including phenoxy) is 1. The number of hydrogen-bond donors (Lipinski definition) is 0. The average molecular weight is 246 g/mol. The largest absolute Gasteiger partial charge is 0.465 e. The lowest BCUT2D eigenvalue weighted by Gasteiger charge is -2.09. The molecule has 18 heavy (non-hydrogen) atoms. The van der Waals surface area contributed by atoms with Gasteiger partial charge >= 0.3 is 5.97 Å². The van der Waals surface area contributed by atoms with E-state index in [2.05, 4.69) is 0 Å². The van der Waals surface area contributed by atoms with Crippen LogP contribution in [0.4, 0.5) is 0 Å². The number of esters is 1. The zero-order valence-corrected chi connectivity index (χ0v) is 10.8. The van der Waals surface area contributed by atoms with Gasteiger partial charge in [0.25, 0.3) is 0 Å². The summed E-state index contributed by atoms with van der Waals surface area (Å²) in [6.07, 6.45) is 4.11. The predicted molar refractivity (Wildman–Crippen MR) is 70.9 cm³/mol. The first-order valence-corrected chi connectivity index (χ1v) is 6.03. The molecule has 0 N–H and O–H groups in total. The van der Waals surface area contributed by atoms with Gasteiger partial charge in [-0.1, -0.05) is 42.5 Å². The van der Waals surface area contributed by atoms with E-state index in [4.69, 9.17) is 4.74 Å². The Morgan fingerprint density at radius 1 is 1.28 bits per heavy atom. The Hall–Kier alpha value is -1.90. The molecule has 0 saturated carbocycles. The summed E-state index contributed by atoms with van der Waals surface area (Å²) in [4.78, 5) is 22.9. The van der Waals surface area contributed by atoms with Crippen molar-refractivity contribution in [3.8, 4) is 0 Å². The highest BCUT2D eigenvalue weighted by Gasteiger charge is 2.22. The van der Waals surface area contributed by atoms with Crippen molar-refractivity contribution in [2.75, 3.05) is 6.61 Å². The van der Waals surface area contributed by atoms with Crippen LogP contribution in [0.25, 0.3) is 6.08 Å². The number of carbonyl (C=O) groups is 2. The Balaban J connectivity index is 2.60. The van der Waals surface area contributed by atoms with Crippen LogP contribution < -0.4 is 0 Å². The number of rotatable bonds is 6. The maximum atomic E-state index is 11.6. The molecule has 0 amide bonds. The fraction of sp³-hybridized carbons (Fsp3) is 0.333. The van der Waals surface area contributed by atoms with Gasteiger partial charge in [0, 0.05) is 0 Å². The number of benzene rings is 1. The van der Waals surface area contributed by atoms with Crippen LogP contribution in [0, 0.1) is 5.92 Å². The summed E-state index contributed by atoms with van der Waals surface area (Å²) in [5.41, 5.74) is 1.05. The van der Waals surface area contributed by atoms with E-state index < -0.39 is 11.9 Å². The molecule has 0 radical (unpaired) electrons. The topological polar surface area (TPSA) is 43.4 Å². The van der Waals surface area contributed by atoms with Crippen molar-refractivity contribution in [1.29, 1.82) is 0 Å². The molecule has 1 aromatic rings. The predicted octanol–water partition coefficient (Wildman–Crippen LogP) is 2.86. The van der Waals surface area contributed by atoms with E-state index >= 15 is 0 Å². The van der Waals surface area contributed by atoms with E-state index in [9.17, 15) is 9.59 Å². The molecule has 0 spiro atoms. The molecular weight excluding hydrogens is 228 g/mol.